The molecule has 2 N–H and O–H groups in total. The van der Waals surface area contributed by atoms with Crippen LogP contribution in [0.5, 0.6) is 0 Å². The molecular weight excluding hydrogens is 297 g/mol. The Labute approximate surface area is 131 Å². The molecule has 0 aliphatic heterocycles. The zero-order chi connectivity index (χ0) is 16.2. The van der Waals surface area contributed by atoms with E-state index in [1.165, 1.54) is 16.7 Å². The van der Waals surface area contributed by atoms with E-state index in [-0.39, 0.29) is 24.0 Å². The van der Waals surface area contributed by atoms with E-state index in [0.717, 1.165) is 5.56 Å². The van der Waals surface area contributed by atoms with Crippen LogP contribution in [-0.4, -0.2) is 22.0 Å². The highest BCUT2D eigenvalue weighted by Gasteiger charge is 2.09. The van der Waals surface area contributed by atoms with Crippen molar-refractivity contribution in [3.05, 3.63) is 70.4 Å². The summed E-state index contributed by atoms with van der Waals surface area (Å²) in [5, 5.41) is 2.75. The fourth-order valence-corrected chi connectivity index (χ4v) is 2.50. The van der Waals surface area contributed by atoms with Gasteiger partial charge in [0, 0.05) is 6.54 Å². The van der Waals surface area contributed by atoms with Gasteiger partial charge in [0.25, 0.3) is 0 Å². The van der Waals surface area contributed by atoms with Crippen molar-refractivity contribution < 1.29 is 9.18 Å². The summed E-state index contributed by atoms with van der Waals surface area (Å²) in [6.07, 6.45) is 0.534. The summed E-state index contributed by atoms with van der Waals surface area (Å²) >= 11 is 0. The first-order valence-corrected chi connectivity index (χ1v) is 7.32. The predicted molar refractivity (Wildman–Crippen MR) is 85.7 cm³/mol. The van der Waals surface area contributed by atoms with Gasteiger partial charge in [0.2, 0.25) is 5.91 Å². The monoisotopic (exact) mass is 313 g/mol. The summed E-state index contributed by atoms with van der Waals surface area (Å²) in [5.41, 5.74) is 1.89. The van der Waals surface area contributed by atoms with Crippen molar-refractivity contribution in [2.75, 3.05) is 6.54 Å². The highest BCUT2D eigenvalue weighted by atomic mass is 19.1. The van der Waals surface area contributed by atoms with Crippen molar-refractivity contribution in [1.29, 1.82) is 0 Å². The SMILES string of the molecule is O=C(Cn1c(=O)[nH]c2ccccc21)NCCc1cccc(F)c1. The quantitative estimate of drug-likeness (QED) is 0.754. The Morgan fingerprint density at radius 1 is 1.17 bits per heavy atom. The number of amides is 1. The number of rotatable bonds is 5. The van der Waals surface area contributed by atoms with Crippen LogP contribution in [0.3, 0.4) is 0 Å². The lowest BCUT2D eigenvalue weighted by molar-refractivity contribution is -0.121. The highest BCUT2D eigenvalue weighted by molar-refractivity contribution is 5.80. The number of hydrogen-bond acceptors (Lipinski definition) is 2. The van der Waals surface area contributed by atoms with Crippen molar-refractivity contribution in [2.45, 2.75) is 13.0 Å². The Balaban J connectivity index is 1.61. The molecule has 0 fully saturated rings. The van der Waals surface area contributed by atoms with Crippen molar-refractivity contribution >= 4 is 16.9 Å². The minimum absolute atomic E-state index is 0.0496. The van der Waals surface area contributed by atoms with Gasteiger partial charge in [-0.15, -0.1) is 0 Å². The van der Waals surface area contributed by atoms with Crippen LogP contribution in [0.1, 0.15) is 5.56 Å². The lowest BCUT2D eigenvalue weighted by Gasteiger charge is -2.06. The highest BCUT2D eigenvalue weighted by Crippen LogP contribution is 2.08. The molecule has 23 heavy (non-hydrogen) atoms. The molecule has 5 nitrogen and oxygen atoms in total. The second-order valence-electron chi connectivity index (χ2n) is 5.26. The molecule has 3 aromatic rings. The van der Waals surface area contributed by atoms with Gasteiger partial charge in [0.05, 0.1) is 11.0 Å². The van der Waals surface area contributed by atoms with Crippen LogP contribution in [0.2, 0.25) is 0 Å². The van der Waals surface area contributed by atoms with Crippen LogP contribution >= 0.6 is 0 Å². The second-order valence-corrected chi connectivity index (χ2v) is 5.26. The van der Waals surface area contributed by atoms with Crippen LogP contribution in [0.4, 0.5) is 4.39 Å². The van der Waals surface area contributed by atoms with Gasteiger partial charge in [0.1, 0.15) is 12.4 Å². The molecule has 6 heteroatoms. The van der Waals surface area contributed by atoms with Crippen molar-refractivity contribution in [2.24, 2.45) is 0 Å². The Hall–Kier alpha value is -2.89. The zero-order valence-corrected chi connectivity index (χ0v) is 12.4. The van der Waals surface area contributed by atoms with E-state index in [1.54, 1.807) is 24.3 Å². The number of nitrogens with zero attached hydrogens (tertiary/aromatic N) is 1. The number of H-pyrrole nitrogens is 1. The van der Waals surface area contributed by atoms with E-state index < -0.39 is 0 Å². The van der Waals surface area contributed by atoms with E-state index in [9.17, 15) is 14.0 Å². The summed E-state index contributed by atoms with van der Waals surface area (Å²) < 4.78 is 14.5. The van der Waals surface area contributed by atoms with E-state index >= 15 is 0 Å². The maximum absolute atomic E-state index is 13.1. The number of carbonyl (C=O) groups excluding carboxylic acids is 1. The normalized spacial score (nSPS) is 10.8. The smallest absolute Gasteiger partial charge is 0.326 e. The molecule has 0 atom stereocenters. The maximum Gasteiger partial charge on any atom is 0.326 e. The first-order valence-electron chi connectivity index (χ1n) is 7.32. The lowest BCUT2D eigenvalue weighted by Crippen LogP contribution is -2.32. The van der Waals surface area contributed by atoms with E-state index in [4.69, 9.17) is 0 Å². The van der Waals surface area contributed by atoms with Gasteiger partial charge in [-0.05, 0) is 36.2 Å². The lowest BCUT2D eigenvalue weighted by atomic mass is 10.1. The number of halogens is 1. The molecular formula is C17H16FN3O2. The summed E-state index contributed by atoms with van der Waals surface area (Å²) in [4.78, 5) is 26.6. The van der Waals surface area contributed by atoms with Gasteiger partial charge in [-0.1, -0.05) is 24.3 Å². The molecule has 3 rings (SSSR count). The van der Waals surface area contributed by atoms with Gasteiger partial charge in [-0.25, -0.2) is 9.18 Å². The number of fused-ring (bicyclic) bond motifs is 1. The van der Waals surface area contributed by atoms with Gasteiger partial charge in [-0.2, -0.15) is 0 Å². The molecule has 0 radical (unpaired) electrons. The number of aromatic amines is 1. The van der Waals surface area contributed by atoms with Crippen LogP contribution < -0.4 is 11.0 Å². The Bertz CT molecular complexity index is 898. The maximum atomic E-state index is 13.1. The molecule has 0 aliphatic carbocycles. The van der Waals surface area contributed by atoms with Crippen molar-refractivity contribution in [3.63, 3.8) is 0 Å². The number of hydrogen-bond donors (Lipinski definition) is 2. The number of aromatic nitrogens is 2. The molecule has 0 bridgehead atoms. The first-order chi connectivity index (χ1) is 11.1. The van der Waals surface area contributed by atoms with Gasteiger partial charge < -0.3 is 10.3 Å². The summed E-state index contributed by atoms with van der Waals surface area (Å²) in [7, 11) is 0. The average Bonchev–Trinajstić information content (AvgIpc) is 2.83. The van der Waals surface area contributed by atoms with Gasteiger partial charge >= 0.3 is 5.69 Å². The molecule has 0 spiro atoms. The molecule has 1 amide bonds. The number of nitrogens with one attached hydrogen (secondary N) is 2. The van der Waals surface area contributed by atoms with Crippen LogP contribution in [0.25, 0.3) is 11.0 Å². The number of imidazole rings is 1. The van der Waals surface area contributed by atoms with Crippen LogP contribution in [0.15, 0.2) is 53.3 Å². The van der Waals surface area contributed by atoms with E-state index in [0.29, 0.717) is 24.0 Å². The third-order valence-electron chi connectivity index (χ3n) is 3.61. The molecule has 1 heterocycles. The minimum atomic E-state index is -0.313. The molecule has 1 aromatic heterocycles. The second kappa shape index (κ2) is 6.48. The van der Waals surface area contributed by atoms with Gasteiger partial charge in [0.15, 0.2) is 0 Å². The fraction of sp³-hybridized carbons (Fsp3) is 0.176. The fourth-order valence-electron chi connectivity index (χ4n) is 2.50. The van der Waals surface area contributed by atoms with Crippen LogP contribution in [-0.2, 0) is 17.8 Å². The van der Waals surface area contributed by atoms with E-state index in [2.05, 4.69) is 10.3 Å². The molecule has 2 aromatic carbocycles. The van der Waals surface area contributed by atoms with Crippen LogP contribution in [0, 0.1) is 5.82 Å². The van der Waals surface area contributed by atoms with Crippen molar-refractivity contribution in [1.82, 2.24) is 14.9 Å². The third kappa shape index (κ3) is 3.48. The topological polar surface area (TPSA) is 66.9 Å². The van der Waals surface area contributed by atoms with Crippen molar-refractivity contribution in [3.8, 4) is 0 Å². The molecule has 0 aliphatic rings. The Morgan fingerprint density at radius 2 is 2.00 bits per heavy atom. The predicted octanol–water partition coefficient (Wildman–Crippen LogP) is 1.83. The Kier molecular flexibility index (Phi) is 4.23. The summed E-state index contributed by atoms with van der Waals surface area (Å²) in [6.45, 7) is 0.339. The number of carbonyl (C=O) groups is 1. The number of para-hydroxylation sites is 2. The molecule has 118 valence electrons. The largest absolute Gasteiger partial charge is 0.354 e. The summed E-state index contributed by atoms with van der Waals surface area (Å²) in [6, 6.07) is 13.5. The summed E-state index contributed by atoms with van der Waals surface area (Å²) in [5.74, 6) is -0.549. The molecule has 0 saturated carbocycles. The van der Waals surface area contributed by atoms with Gasteiger partial charge in [-0.3, -0.25) is 9.36 Å². The number of benzene rings is 2. The molecule has 0 saturated heterocycles. The molecule has 0 unspecified atom stereocenters. The Morgan fingerprint density at radius 3 is 2.83 bits per heavy atom. The minimum Gasteiger partial charge on any atom is -0.354 e. The van der Waals surface area contributed by atoms with E-state index in [1.807, 2.05) is 12.1 Å². The zero-order valence-electron chi connectivity index (χ0n) is 12.4. The average molecular weight is 313 g/mol. The standard InChI is InChI=1S/C17H16FN3O2/c18-13-5-3-4-12(10-13)8-9-19-16(22)11-21-15-7-2-1-6-14(15)20-17(21)23/h1-7,10H,8-9,11H2,(H,19,22)(H,20,23). The third-order valence-corrected chi connectivity index (χ3v) is 3.61. The first kappa shape index (κ1) is 15.0.